The molecule has 0 aromatic heterocycles. The molecule has 0 amide bonds. The Hall–Kier alpha value is -5.21. The maximum atomic E-state index is 16.0. The monoisotopic (exact) mass is 811 g/mol. The van der Waals surface area contributed by atoms with Gasteiger partial charge in [0.1, 0.15) is 64.6 Å². The molecular formula is C34H17BF19N. The number of alkyl halides is 1. The van der Waals surface area contributed by atoms with Crippen molar-refractivity contribution in [3.8, 4) is 0 Å². The van der Waals surface area contributed by atoms with E-state index in [0.29, 0.717) is 0 Å². The first-order valence-corrected chi connectivity index (χ1v) is 14.8. The number of allylic oxidation sites excluding steroid dienone is 5. The summed E-state index contributed by atoms with van der Waals surface area (Å²) in [5.41, 5.74) is -9.08. The summed E-state index contributed by atoms with van der Waals surface area (Å²) in [7, 11) is 4.24. The van der Waals surface area contributed by atoms with Crippen molar-refractivity contribution in [2.24, 2.45) is 0 Å². The van der Waals surface area contributed by atoms with Crippen LogP contribution in [0.25, 0.3) is 0 Å². The zero-order chi connectivity index (χ0) is 41.8. The average molecular weight is 811 g/mol. The SMILES string of the molecule is C=CC1([B-](c2c(F)c(F)c(F)c(F)c2F)(c2c(F)c(F)c(F)c(F)c2F)c2c(F)c(F)c(F)c(F)c2F)C(F)=C(F)C=C(F)C1F.C[NH+](C)c1ccccc1. The quantitative estimate of drug-likeness (QED) is 0.0663. The van der Waals surface area contributed by atoms with Gasteiger partial charge in [-0.05, 0) is 17.4 Å². The molecule has 0 heterocycles. The zero-order valence-corrected chi connectivity index (χ0v) is 27.1. The van der Waals surface area contributed by atoms with E-state index in [0.717, 1.165) is 0 Å². The molecule has 5 rings (SSSR count). The van der Waals surface area contributed by atoms with Crippen molar-refractivity contribution in [2.45, 2.75) is 11.5 Å². The van der Waals surface area contributed by atoms with Gasteiger partial charge in [0.05, 0.1) is 14.1 Å². The van der Waals surface area contributed by atoms with Gasteiger partial charge in [-0.1, -0.05) is 18.2 Å². The van der Waals surface area contributed by atoms with Crippen LogP contribution in [-0.4, -0.2) is 26.4 Å². The molecule has 4 aromatic rings. The third-order valence-electron chi connectivity index (χ3n) is 8.95. The molecule has 294 valence electrons. The summed E-state index contributed by atoms with van der Waals surface area (Å²) < 4.78 is 286. The molecule has 1 nitrogen and oxygen atoms in total. The number of quaternary nitrogens is 1. The van der Waals surface area contributed by atoms with E-state index in [2.05, 4.69) is 44.9 Å². The Bertz CT molecular complexity index is 2030. The lowest BCUT2D eigenvalue weighted by atomic mass is 9.04. The Labute approximate surface area is 296 Å². The second-order valence-corrected chi connectivity index (χ2v) is 11.9. The average Bonchev–Trinajstić information content (AvgIpc) is 3.16. The van der Waals surface area contributed by atoms with E-state index in [1.165, 1.54) is 10.6 Å². The minimum Gasteiger partial charge on any atom is -0.307 e. The molecule has 55 heavy (non-hydrogen) atoms. The number of rotatable bonds is 6. The van der Waals surface area contributed by atoms with Crippen LogP contribution in [0.5, 0.6) is 0 Å². The molecule has 21 heteroatoms. The highest BCUT2D eigenvalue weighted by atomic mass is 19.2. The van der Waals surface area contributed by atoms with Crippen LogP contribution in [0.3, 0.4) is 0 Å². The summed E-state index contributed by atoms with van der Waals surface area (Å²) in [4.78, 5) is 1.37. The number of hydrogen-bond donors (Lipinski definition) is 1. The van der Waals surface area contributed by atoms with E-state index in [9.17, 15) is 48.3 Å². The molecule has 1 N–H and O–H groups in total. The fourth-order valence-corrected chi connectivity index (χ4v) is 6.51. The number of benzene rings is 4. The maximum absolute atomic E-state index is 16.0. The second kappa shape index (κ2) is 15.1. The van der Waals surface area contributed by atoms with Gasteiger partial charge in [-0.3, -0.25) is 0 Å². The first kappa shape index (κ1) is 42.5. The van der Waals surface area contributed by atoms with Crippen molar-refractivity contribution >= 4 is 28.2 Å². The van der Waals surface area contributed by atoms with Crippen LogP contribution in [0.1, 0.15) is 0 Å². The molecule has 2 unspecified atom stereocenters. The summed E-state index contributed by atoms with van der Waals surface area (Å²) in [6.07, 6.45) is -13.3. The van der Waals surface area contributed by atoms with Gasteiger partial charge in [-0.15, -0.1) is 29.0 Å². The fraction of sp³-hybridized carbons (Fsp3) is 0.118. The second-order valence-electron chi connectivity index (χ2n) is 11.9. The molecule has 4 aromatic carbocycles. The summed E-state index contributed by atoms with van der Waals surface area (Å²) >= 11 is 0. The fourth-order valence-electron chi connectivity index (χ4n) is 6.51. The van der Waals surface area contributed by atoms with Crippen molar-refractivity contribution in [1.82, 2.24) is 0 Å². The minimum atomic E-state index is -7.13. The van der Waals surface area contributed by atoms with Crippen LogP contribution in [0.15, 0.2) is 66.5 Å². The number of nitrogens with one attached hydrogen (secondary N) is 1. The minimum absolute atomic E-state index is 0.821. The van der Waals surface area contributed by atoms with E-state index in [1.807, 2.05) is 6.07 Å². The molecule has 1 aliphatic carbocycles. The number of para-hydroxylation sites is 1. The third kappa shape index (κ3) is 6.06. The van der Waals surface area contributed by atoms with E-state index < -0.39 is 151 Å². The molecule has 0 spiro atoms. The van der Waals surface area contributed by atoms with Crippen LogP contribution < -0.4 is 21.3 Å². The van der Waals surface area contributed by atoms with Gasteiger partial charge >= 0.3 is 0 Å². The van der Waals surface area contributed by atoms with Gasteiger partial charge in [-0.2, -0.15) is 0 Å². The Morgan fingerprint density at radius 2 is 0.800 bits per heavy atom. The highest BCUT2D eigenvalue weighted by molar-refractivity contribution is 7.14. The van der Waals surface area contributed by atoms with E-state index in [-0.39, 0.29) is 0 Å². The summed E-state index contributed by atoms with van der Waals surface area (Å²) in [5, 5.41) is -5.27. The Morgan fingerprint density at radius 1 is 0.509 bits per heavy atom. The molecule has 0 bridgehead atoms. The summed E-state index contributed by atoms with van der Waals surface area (Å²) in [6.45, 7) is 2.56. The van der Waals surface area contributed by atoms with E-state index in [4.69, 9.17) is 0 Å². The zero-order valence-electron chi connectivity index (χ0n) is 27.1. The van der Waals surface area contributed by atoms with E-state index >= 15 is 35.1 Å². The molecule has 0 saturated heterocycles. The summed E-state index contributed by atoms with van der Waals surface area (Å²) in [5.74, 6) is -61.7. The highest BCUT2D eigenvalue weighted by Gasteiger charge is 2.64. The first-order chi connectivity index (χ1) is 25.5. The van der Waals surface area contributed by atoms with Crippen molar-refractivity contribution < 1.29 is 88.3 Å². The smallest absolute Gasteiger partial charge is 0.200 e. The Balaban J connectivity index is 0.000000654. The highest BCUT2D eigenvalue weighted by Crippen LogP contribution is 2.58. The largest absolute Gasteiger partial charge is 0.307 e. The van der Waals surface area contributed by atoms with Gasteiger partial charge in [0.25, 0.3) is 0 Å². The normalized spacial score (nSPS) is 17.3. The first-order valence-electron chi connectivity index (χ1n) is 14.8. The Kier molecular flexibility index (Phi) is 11.7. The summed E-state index contributed by atoms with van der Waals surface area (Å²) in [6, 6.07) is 10.4. The predicted molar refractivity (Wildman–Crippen MR) is 158 cm³/mol. The molecule has 0 fully saturated rings. The van der Waals surface area contributed by atoms with Crippen LogP contribution in [0.2, 0.25) is 5.31 Å². The third-order valence-corrected chi connectivity index (χ3v) is 8.95. The van der Waals surface area contributed by atoms with E-state index in [1.54, 1.807) is 0 Å². The number of hydrogen-bond acceptors (Lipinski definition) is 0. The van der Waals surface area contributed by atoms with Gasteiger partial charge < -0.3 is 4.90 Å². The topological polar surface area (TPSA) is 4.44 Å². The maximum Gasteiger partial charge on any atom is 0.200 e. The van der Waals surface area contributed by atoms with Crippen molar-refractivity contribution in [2.75, 3.05) is 14.1 Å². The molecule has 1 aliphatic rings. The van der Waals surface area contributed by atoms with Crippen molar-refractivity contribution in [3.63, 3.8) is 0 Å². The lowest BCUT2D eigenvalue weighted by Gasteiger charge is -2.57. The molecular weight excluding hydrogens is 794 g/mol. The van der Waals surface area contributed by atoms with Gasteiger partial charge in [0, 0.05) is 6.08 Å². The Morgan fingerprint density at radius 3 is 1.05 bits per heavy atom. The van der Waals surface area contributed by atoms with Gasteiger partial charge in [-0.25, -0.2) is 83.4 Å². The van der Waals surface area contributed by atoms with Gasteiger partial charge in [0.15, 0.2) is 58.2 Å². The lowest BCUT2D eigenvalue weighted by molar-refractivity contribution is -0.786. The predicted octanol–water partition coefficient (Wildman–Crippen LogP) is 7.99. The molecule has 0 radical (unpaired) electrons. The molecule has 2 atom stereocenters. The van der Waals surface area contributed by atoms with Gasteiger partial charge in [0.2, 0.25) is 0 Å². The standard InChI is InChI=1S/C26H5BF19.C8H11N/c1-2-26(24(45)4(28)3-5(29)25(26)46)27(6-9(30)15(36)21(42)16(37)10(6)31,7-11(32)17(38)22(43)18(39)12(7)33)8-13(34)19(40)23(44)20(41)14(8)35;1-9(2)8-6-4-3-5-7-8/h2-3,24H,1H2;3-7H,1-2H3/q-1;/p+1. The molecule has 0 aliphatic heterocycles. The van der Waals surface area contributed by atoms with Crippen LogP contribution in [0.4, 0.5) is 89.1 Å². The van der Waals surface area contributed by atoms with Crippen LogP contribution in [0, 0.1) is 87.3 Å². The molecule has 0 saturated carbocycles. The lowest BCUT2D eigenvalue weighted by Crippen LogP contribution is -3.00. The van der Waals surface area contributed by atoms with Crippen molar-refractivity contribution in [1.29, 1.82) is 0 Å². The van der Waals surface area contributed by atoms with Crippen LogP contribution in [-0.2, 0) is 0 Å². The van der Waals surface area contributed by atoms with Crippen molar-refractivity contribution in [3.05, 3.63) is 154 Å². The van der Waals surface area contributed by atoms with Crippen LogP contribution >= 0.6 is 0 Å². The number of halogens is 19.